The molecule has 1 fully saturated rings. The number of benzene rings is 1. The van der Waals surface area contributed by atoms with Crippen LogP contribution in [0.2, 0.25) is 0 Å². The molecule has 0 spiro atoms. The molecule has 2 aromatic rings. The number of hydrogen-bond acceptors (Lipinski definition) is 7. The highest BCUT2D eigenvalue weighted by molar-refractivity contribution is 5.84. The van der Waals surface area contributed by atoms with Gasteiger partial charge in [0.2, 0.25) is 0 Å². The second-order valence-corrected chi connectivity index (χ2v) is 9.22. The molecule has 0 aliphatic carbocycles. The first-order valence-corrected chi connectivity index (χ1v) is 11.6. The second-order valence-electron chi connectivity index (χ2n) is 9.22. The molecule has 10 heteroatoms. The number of ether oxygens (including phenoxy) is 1. The van der Waals surface area contributed by atoms with Gasteiger partial charge in [0.15, 0.2) is 0 Å². The molecule has 5 atom stereocenters. The Hall–Kier alpha value is -3.63. The van der Waals surface area contributed by atoms with Crippen LogP contribution in [0.25, 0.3) is 6.08 Å². The summed E-state index contributed by atoms with van der Waals surface area (Å²) in [6, 6.07) is 7.88. The van der Waals surface area contributed by atoms with E-state index in [9.17, 15) is 29.9 Å². The van der Waals surface area contributed by atoms with E-state index < -0.39 is 45.7 Å². The summed E-state index contributed by atoms with van der Waals surface area (Å²) in [6.07, 6.45) is 6.71. The first-order chi connectivity index (χ1) is 17.1. The summed E-state index contributed by atoms with van der Waals surface area (Å²) in [4.78, 5) is 41.2. The Morgan fingerprint density at radius 1 is 1.14 bits per heavy atom. The van der Waals surface area contributed by atoms with Gasteiger partial charge in [0.05, 0.1) is 15.8 Å². The molecule has 0 amide bonds. The molecule has 0 bridgehead atoms. The van der Waals surface area contributed by atoms with Gasteiger partial charge in [0.25, 0.3) is 5.69 Å². The number of aliphatic carboxylic acids is 2. The van der Waals surface area contributed by atoms with E-state index in [1.807, 2.05) is 0 Å². The minimum absolute atomic E-state index is 0.0101. The number of non-ortho nitro benzene ring substituents is 1. The summed E-state index contributed by atoms with van der Waals surface area (Å²) in [6.45, 7) is 3.50. The summed E-state index contributed by atoms with van der Waals surface area (Å²) in [7, 11) is 1.45. The van der Waals surface area contributed by atoms with Crippen molar-refractivity contribution < 1.29 is 29.5 Å². The van der Waals surface area contributed by atoms with E-state index in [2.05, 4.69) is 10.3 Å². The third-order valence-electron chi connectivity index (χ3n) is 7.48. The minimum Gasteiger partial charge on any atom is -0.481 e. The Balaban J connectivity index is 2.29. The van der Waals surface area contributed by atoms with Crippen molar-refractivity contribution in [3.63, 3.8) is 0 Å². The van der Waals surface area contributed by atoms with Crippen molar-refractivity contribution in [3.05, 3.63) is 76.1 Å². The molecule has 1 aliphatic rings. The summed E-state index contributed by atoms with van der Waals surface area (Å²) < 4.78 is 5.24. The lowest BCUT2D eigenvalue weighted by molar-refractivity contribution is -0.385. The SMILES string of the molecule is COCCC1(C(=O)O)C(C)NC(C)C(C/C=C/c2ccncc2)(C(=O)O)C1c1cccc([N+](=O)[O-])c1. The number of rotatable bonds is 10. The fourth-order valence-corrected chi connectivity index (χ4v) is 5.65. The van der Waals surface area contributed by atoms with Gasteiger partial charge in [-0.25, -0.2) is 0 Å². The average molecular weight is 498 g/mol. The predicted molar refractivity (Wildman–Crippen MR) is 132 cm³/mol. The molecule has 1 aliphatic heterocycles. The van der Waals surface area contributed by atoms with Crippen LogP contribution in [0.3, 0.4) is 0 Å². The van der Waals surface area contributed by atoms with Gasteiger partial charge >= 0.3 is 11.9 Å². The van der Waals surface area contributed by atoms with Crippen molar-refractivity contribution in [2.24, 2.45) is 10.8 Å². The molecule has 3 rings (SSSR count). The number of hydrogen-bond donors (Lipinski definition) is 3. The maximum Gasteiger partial charge on any atom is 0.312 e. The van der Waals surface area contributed by atoms with Gasteiger partial charge < -0.3 is 20.3 Å². The summed E-state index contributed by atoms with van der Waals surface area (Å²) in [5, 5.41) is 36.2. The van der Waals surface area contributed by atoms with Crippen molar-refractivity contribution >= 4 is 23.7 Å². The van der Waals surface area contributed by atoms with Gasteiger partial charge in [-0.3, -0.25) is 24.7 Å². The third kappa shape index (κ3) is 4.74. The van der Waals surface area contributed by atoms with E-state index in [0.29, 0.717) is 5.56 Å². The van der Waals surface area contributed by atoms with E-state index in [-0.39, 0.29) is 25.1 Å². The molecular formula is C26H31N3O7. The Bertz CT molecular complexity index is 1140. The van der Waals surface area contributed by atoms with E-state index in [0.717, 1.165) is 5.56 Å². The number of carbonyl (C=O) groups is 2. The van der Waals surface area contributed by atoms with Crippen LogP contribution >= 0.6 is 0 Å². The van der Waals surface area contributed by atoms with Gasteiger partial charge in [-0.1, -0.05) is 24.3 Å². The van der Waals surface area contributed by atoms with Gasteiger partial charge in [-0.05, 0) is 49.9 Å². The van der Waals surface area contributed by atoms with Crippen molar-refractivity contribution in [2.45, 2.75) is 44.7 Å². The van der Waals surface area contributed by atoms with Crippen LogP contribution in [-0.2, 0) is 14.3 Å². The number of pyridine rings is 1. The summed E-state index contributed by atoms with van der Waals surface area (Å²) in [5.74, 6) is -3.48. The summed E-state index contributed by atoms with van der Waals surface area (Å²) in [5.41, 5.74) is -2.39. The van der Waals surface area contributed by atoms with Crippen molar-refractivity contribution in [3.8, 4) is 0 Å². The Labute approximate surface area is 209 Å². The summed E-state index contributed by atoms with van der Waals surface area (Å²) >= 11 is 0. The molecular weight excluding hydrogens is 466 g/mol. The highest BCUT2D eigenvalue weighted by atomic mass is 16.6. The van der Waals surface area contributed by atoms with Crippen LogP contribution in [0.1, 0.15) is 43.7 Å². The van der Waals surface area contributed by atoms with E-state index in [1.165, 1.54) is 25.3 Å². The number of nitrogens with zero attached hydrogens (tertiary/aromatic N) is 2. The van der Waals surface area contributed by atoms with E-state index in [1.54, 1.807) is 56.6 Å². The lowest BCUT2D eigenvalue weighted by atomic mass is 9.50. The molecule has 36 heavy (non-hydrogen) atoms. The number of allylic oxidation sites excluding steroid dienone is 1. The average Bonchev–Trinajstić information content (AvgIpc) is 2.84. The smallest absolute Gasteiger partial charge is 0.312 e. The molecule has 1 saturated heterocycles. The first kappa shape index (κ1) is 27.0. The zero-order chi connectivity index (χ0) is 26.5. The zero-order valence-electron chi connectivity index (χ0n) is 20.5. The predicted octanol–water partition coefficient (Wildman–Crippen LogP) is 3.74. The molecule has 3 N–H and O–H groups in total. The molecule has 2 heterocycles. The number of piperidine rings is 1. The highest BCUT2D eigenvalue weighted by Crippen LogP contribution is 2.59. The molecule has 5 unspecified atom stereocenters. The van der Waals surface area contributed by atoms with Crippen LogP contribution in [0.15, 0.2) is 54.9 Å². The molecule has 1 aromatic heterocycles. The topological polar surface area (TPSA) is 152 Å². The van der Waals surface area contributed by atoms with Gasteiger partial charge in [0, 0.05) is 56.2 Å². The van der Waals surface area contributed by atoms with Gasteiger partial charge in [0.1, 0.15) is 0 Å². The first-order valence-electron chi connectivity index (χ1n) is 11.6. The van der Waals surface area contributed by atoms with Crippen LogP contribution in [0.4, 0.5) is 5.69 Å². The largest absolute Gasteiger partial charge is 0.481 e. The number of nitro benzene ring substituents is 1. The maximum absolute atomic E-state index is 13.2. The quantitative estimate of drug-likeness (QED) is 0.329. The number of aromatic nitrogens is 1. The maximum atomic E-state index is 13.2. The van der Waals surface area contributed by atoms with Crippen LogP contribution in [-0.4, -0.2) is 57.9 Å². The van der Waals surface area contributed by atoms with Gasteiger partial charge in [-0.15, -0.1) is 0 Å². The number of nitrogens with one attached hydrogen (secondary N) is 1. The third-order valence-corrected chi connectivity index (χ3v) is 7.48. The van der Waals surface area contributed by atoms with Crippen LogP contribution < -0.4 is 5.32 Å². The van der Waals surface area contributed by atoms with Crippen molar-refractivity contribution in [2.75, 3.05) is 13.7 Å². The lowest BCUT2D eigenvalue weighted by Crippen LogP contribution is -2.69. The zero-order valence-corrected chi connectivity index (χ0v) is 20.5. The number of carboxylic acids is 2. The van der Waals surface area contributed by atoms with Crippen LogP contribution in [0, 0.1) is 20.9 Å². The fourth-order valence-electron chi connectivity index (χ4n) is 5.65. The monoisotopic (exact) mass is 497 g/mol. The Morgan fingerprint density at radius 2 is 1.78 bits per heavy atom. The molecule has 10 nitrogen and oxygen atoms in total. The molecule has 0 radical (unpaired) electrons. The minimum atomic E-state index is -1.64. The highest BCUT2D eigenvalue weighted by Gasteiger charge is 2.66. The second kappa shape index (κ2) is 11.0. The lowest BCUT2D eigenvalue weighted by Gasteiger charge is -2.57. The molecule has 0 saturated carbocycles. The van der Waals surface area contributed by atoms with Crippen molar-refractivity contribution in [1.82, 2.24) is 10.3 Å². The van der Waals surface area contributed by atoms with E-state index in [4.69, 9.17) is 4.74 Å². The standard InChI is InChI=1S/C26H31N3O7/c1-17-25(23(30)31,11-5-6-19-9-13-27-14-10-19)22(20-7-4-8-21(16-20)29(34)35)26(24(32)33,12-15-36-3)18(2)28-17/h4-10,13-14,16-18,22,28H,11-12,15H2,1-3H3,(H,30,31)(H,32,33)/b6-5+. The molecule has 192 valence electrons. The fraction of sp³-hybridized carbons (Fsp3) is 0.423. The normalized spacial score (nSPS) is 28.1. The number of carboxylic acid groups (broad SMARTS) is 2. The number of methoxy groups -OCH3 is 1. The Kier molecular flexibility index (Phi) is 8.21. The number of nitro groups is 1. The van der Waals surface area contributed by atoms with Crippen LogP contribution in [0.5, 0.6) is 0 Å². The van der Waals surface area contributed by atoms with Crippen molar-refractivity contribution in [1.29, 1.82) is 0 Å². The van der Waals surface area contributed by atoms with E-state index >= 15 is 0 Å². The van der Waals surface area contributed by atoms with Gasteiger partial charge in [-0.2, -0.15) is 0 Å². The molecule has 1 aromatic carbocycles. The Morgan fingerprint density at radius 3 is 2.36 bits per heavy atom.